The molecule has 4 heterocycles. The highest BCUT2D eigenvalue weighted by Crippen LogP contribution is 2.47. The van der Waals surface area contributed by atoms with Gasteiger partial charge in [-0.15, -0.1) is 22.7 Å². The molecular formula is C39H42F6N4O4S2. The Morgan fingerprint density at radius 1 is 0.600 bits per heavy atom. The summed E-state index contributed by atoms with van der Waals surface area (Å²) < 4.78 is 63.5. The van der Waals surface area contributed by atoms with Crippen molar-refractivity contribution >= 4 is 57.1 Å². The molecule has 0 atom stereocenters. The van der Waals surface area contributed by atoms with Gasteiger partial charge in [-0.05, 0) is 103 Å². The maximum absolute atomic E-state index is 10.6. The molecule has 2 saturated heterocycles. The van der Waals surface area contributed by atoms with Gasteiger partial charge in [0.1, 0.15) is 0 Å². The van der Waals surface area contributed by atoms with Crippen LogP contribution < -0.4 is 20.4 Å². The van der Waals surface area contributed by atoms with E-state index in [-0.39, 0.29) is 0 Å². The molecule has 0 amide bonds. The van der Waals surface area contributed by atoms with Gasteiger partial charge < -0.3 is 30.6 Å². The predicted octanol–water partition coefficient (Wildman–Crippen LogP) is 8.94. The van der Waals surface area contributed by atoms with Crippen LogP contribution >= 0.6 is 22.7 Å². The Morgan fingerprint density at radius 3 is 1.20 bits per heavy atom. The largest absolute Gasteiger partial charge is 0.490 e. The molecule has 1 aliphatic carbocycles. The van der Waals surface area contributed by atoms with Gasteiger partial charge in [0.05, 0.1) is 0 Å². The van der Waals surface area contributed by atoms with Crippen molar-refractivity contribution in [2.75, 3.05) is 62.2 Å². The summed E-state index contributed by atoms with van der Waals surface area (Å²) in [6, 6.07) is 23.4. The fraction of sp³-hybridized carbons (Fsp3) is 0.385. The Bertz CT molecular complexity index is 1820. The number of hydrogen-bond acceptors (Lipinski definition) is 8. The van der Waals surface area contributed by atoms with Crippen molar-refractivity contribution in [2.45, 2.75) is 45.5 Å². The monoisotopic (exact) mass is 808 g/mol. The second-order valence-electron chi connectivity index (χ2n) is 13.1. The Hall–Kier alpha value is -4.38. The summed E-state index contributed by atoms with van der Waals surface area (Å²) in [6.45, 7) is 13.3. The zero-order valence-electron chi connectivity index (χ0n) is 30.2. The molecule has 2 fully saturated rings. The standard InChI is InChI=1S/C35H40N4S2.2C2HF3O2/c1-24-32(22-34(40-24)26-6-10-28(11-7-26)38-18-14-36-15-19-38)30-4-3-5-31(30)33-23-35(41-25(33)2)27-8-12-29(13-9-27)39-20-16-37-17-21-39;2*3-2(4,5)1(6)7/h6-13,22-23,36-37H,3-5,14-21H2,1-2H3;2*(H,6,7). The third kappa shape index (κ3) is 10.9. The number of allylic oxidation sites excluding steroid dienone is 2. The van der Waals surface area contributed by atoms with Crippen molar-refractivity contribution < 1.29 is 46.1 Å². The van der Waals surface area contributed by atoms with Crippen LogP contribution in [-0.2, 0) is 9.59 Å². The van der Waals surface area contributed by atoms with Crippen LogP contribution in [-0.4, -0.2) is 86.9 Å². The molecule has 0 bridgehead atoms. The average Bonchev–Trinajstić information content (AvgIpc) is 3.90. The molecule has 7 rings (SSSR count). The van der Waals surface area contributed by atoms with Crippen molar-refractivity contribution in [1.29, 1.82) is 0 Å². The summed E-state index contributed by atoms with van der Waals surface area (Å²) in [6.07, 6.45) is -6.56. The molecule has 0 saturated carbocycles. The van der Waals surface area contributed by atoms with E-state index >= 15 is 0 Å². The number of benzene rings is 2. The molecule has 0 unspecified atom stereocenters. The van der Waals surface area contributed by atoms with Crippen molar-refractivity contribution in [1.82, 2.24) is 10.6 Å². The lowest BCUT2D eigenvalue weighted by molar-refractivity contribution is -0.193. The number of thiophene rings is 2. The summed E-state index contributed by atoms with van der Waals surface area (Å²) in [4.78, 5) is 28.4. The average molecular weight is 809 g/mol. The fourth-order valence-corrected chi connectivity index (χ4v) is 8.81. The molecule has 55 heavy (non-hydrogen) atoms. The first-order valence-corrected chi connectivity index (χ1v) is 19.3. The summed E-state index contributed by atoms with van der Waals surface area (Å²) in [7, 11) is 0. The Labute approximate surface area is 323 Å². The molecule has 16 heteroatoms. The number of nitrogens with zero attached hydrogens (tertiary/aromatic N) is 2. The van der Waals surface area contributed by atoms with E-state index < -0.39 is 24.3 Å². The molecule has 3 aliphatic rings. The molecular weight excluding hydrogens is 767 g/mol. The minimum absolute atomic E-state index is 1.07. The van der Waals surface area contributed by atoms with Gasteiger partial charge in [0.2, 0.25) is 0 Å². The van der Waals surface area contributed by atoms with Crippen LogP contribution in [0, 0.1) is 13.8 Å². The van der Waals surface area contributed by atoms with Gasteiger partial charge in [-0.3, -0.25) is 0 Å². The lowest BCUT2D eigenvalue weighted by Gasteiger charge is -2.29. The van der Waals surface area contributed by atoms with E-state index in [1.165, 1.54) is 72.4 Å². The number of aliphatic carboxylic acids is 2. The first-order chi connectivity index (χ1) is 26.0. The van der Waals surface area contributed by atoms with Gasteiger partial charge >= 0.3 is 24.3 Å². The number of hydrogen-bond donors (Lipinski definition) is 4. The maximum Gasteiger partial charge on any atom is 0.490 e. The van der Waals surface area contributed by atoms with E-state index in [0.717, 1.165) is 52.4 Å². The Kier molecular flexibility index (Phi) is 13.7. The normalized spacial score (nSPS) is 16.3. The SMILES string of the molecule is Cc1sc(-c2ccc(N3CCNCC3)cc2)cc1C1=C(c2cc(-c3ccc(N4CCNCC4)cc3)sc2C)CCC1.O=C(O)C(F)(F)F.O=C(O)C(F)(F)F. The number of carboxylic acid groups (broad SMARTS) is 2. The molecule has 4 N–H and O–H groups in total. The molecule has 2 aliphatic heterocycles. The minimum atomic E-state index is -5.08. The van der Waals surface area contributed by atoms with Crippen LogP contribution in [0.4, 0.5) is 37.7 Å². The number of carboxylic acids is 2. The number of halogens is 6. The zero-order chi connectivity index (χ0) is 39.9. The Morgan fingerprint density at radius 2 is 0.909 bits per heavy atom. The van der Waals surface area contributed by atoms with Gasteiger partial charge in [-0.2, -0.15) is 26.3 Å². The van der Waals surface area contributed by atoms with Gasteiger partial charge in [0, 0.05) is 83.2 Å². The van der Waals surface area contributed by atoms with Crippen LogP contribution in [0.2, 0.25) is 0 Å². The lowest BCUT2D eigenvalue weighted by Crippen LogP contribution is -2.43. The van der Waals surface area contributed by atoms with E-state index in [4.69, 9.17) is 19.8 Å². The zero-order valence-corrected chi connectivity index (χ0v) is 31.9. The second-order valence-corrected chi connectivity index (χ2v) is 15.7. The number of nitrogens with one attached hydrogen (secondary N) is 2. The molecule has 296 valence electrons. The fourth-order valence-electron chi connectivity index (χ4n) is 6.71. The number of anilines is 2. The number of aryl methyl sites for hydroxylation is 2. The molecule has 0 spiro atoms. The smallest absolute Gasteiger partial charge is 0.475 e. The highest BCUT2D eigenvalue weighted by molar-refractivity contribution is 7.16. The van der Waals surface area contributed by atoms with E-state index in [0.29, 0.717) is 0 Å². The molecule has 4 aromatic rings. The highest BCUT2D eigenvalue weighted by Gasteiger charge is 2.39. The third-order valence-corrected chi connectivity index (χ3v) is 11.7. The summed E-state index contributed by atoms with van der Waals surface area (Å²) in [5.74, 6) is -5.51. The summed E-state index contributed by atoms with van der Waals surface area (Å²) in [5.41, 5.74) is 11.4. The number of carbonyl (C=O) groups is 2. The van der Waals surface area contributed by atoms with Crippen molar-refractivity contribution in [3.63, 3.8) is 0 Å². The molecule has 0 radical (unpaired) electrons. The van der Waals surface area contributed by atoms with Gasteiger partial charge in [0.25, 0.3) is 0 Å². The van der Waals surface area contributed by atoms with Crippen molar-refractivity contribution in [2.24, 2.45) is 0 Å². The number of piperazine rings is 2. The summed E-state index contributed by atoms with van der Waals surface area (Å²) >= 11 is 3.90. The first-order valence-electron chi connectivity index (χ1n) is 17.7. The van der Waals surface area contributed by atoms with Gasteiger partial charge in [-0.1, -0.05) is 24.3 Å². The molecule has 2 aromatic carbocycles. The van der Waals surface area contributed by atoms with Gasteiger partial charge in [0.15, 0.2) is 0 Å². The second kappa shape index (κ2) is 18.0. The lowest BCUT2D eigenvalue weighted by atomic mass is 9.96. The van der Waals surface area contributed by atoms with E-state index in [2.05, 4.69) is 94.9 Å². The van der Waals surface area contributed by atoms with Crippen molar-refractivity contribution in [3.8, 4) is 20.9 Å². The highest BCUT2D eigenvalue weighted by atomic mass is 32.1. The van der Waals surface area contributed by atoms with E-state index in [1.54, 1.807) is 11.1 Å². The molecule has 8 nitrogen and oxygen atoms in total. The predicted molar refractivity (Wildman–Crippen MR) is 207 cm³/mol. The summed E-state index contributed by atoms with van der Waals surface area (Å²) in [5, 5.41) is 21.2. The van der Waals surface area contributed by atoms with Crippen molar-refractivity contribution in [3.05, 3.63) is 81.5 Å². The number of rotatable bonds is 6. The van der Waals surface area contributed by atoms with Crippen LogP contribution in [0.25, 0.3) is 32.0 Å². The van der Waals surface area contributed by atoms with E-state index in [1.807, 2.05) is 22.7 Å². The first kappa shape index (κ1) is 41.8. The minimum Gasteiger partial charge on any atom is -0.475 e. The Balaban J connectivity index is 0.000000355. The quantitative estimate of drug-likeness (QED) is 0.143. The molecule has 2 aromatic heterocycles. The van der Waals surface area contributed by atoms with Crippen LogP contribution in [0.5, 0.6) is 0 Å². The van der Waals surface area contributed by atoms with Crippen LogP contribution in [0.1, 0.15) is 40.1 Å². The van der Waals surface area contributed by atoms with E-state index in [9.17, 15) is 26.3 Å². The maximum atomic E-state index is 10.6. The third-order valence-electron chi connectivity index (χ3n) is 9.46. The van der Waals surface area contributed by atoms with Crippen LogP contribution in [0.15, 0.2) is 60.7 Å². The number of alkyl halides is 6. The van der Waals surface area contributed by atoms with Crippen LogP contribution in [0.3, 0.4) is 0 Å². The van der Waals surface area contributed by atoms with Gasteiger partial charge in [-0.25, -0.2) is 9.59 Å². The topological polar surface area (TPSA) is 105 Å².